The molecule has 1 amide bonds. The van der Waals surface area contributed by atoms with E-state index in [-0.39, 0.29) is 19.3 Å². The number of benzene rings is 2. The van der Waals surface area contributed by atoms with Crippen molar-refractivity contribution in [2.45, 2.75) is 20.5 Å². The smallest absolute Gasteiger partial charge is 0.407 e. The highest BCUT2D eigenvalue weighted by molar-refractivity contribution is 7.53. The van der Waals surface area contributed by atoms with Crippen molar-refractivity contribution >= 4 is 13.7 Å². The molecule has 2 aromatic carbocycles. The van der Waals surface area contributed by atoms with Gasteiger partial charge < -0.3 is 19.5 Å². The topological polar surface area (TPSA) is 84.9 Å². The number of hydrogen-bond acceptors (Lipinski definition) is 4. The number of ether oxygens (including phenoxy) is 1. The van der Waals surface area contributed by atoms with Crippen molar-refractivity contribution in [2.75, 3.05) is 12.7 Å². The second-order valence-electron chi connectivity index (χ2n) is 5.66. The molecule has 2 rings (SSSR count). The Hall–Kier alpha value is -2.30. The minimum absolute atomic E-state index is 0.0215. The molecule has 1 atom stereocenters. The van der Waals surface area contributed by atoms with E-state index in [9.17, 15) is 14.3 Å². The summed E-state index contributed by atoms with van der Waals surface area (Å²) in [6.07, 6.45) is -0.850. The van der Waals surface area contributed by atoms with E-state index in [2.05, 4.69) is 5.32 Å². The minimum atomic E-state index is -3.87. The molecule has 0 saturated carbocycles. The second kappa shape index (κ2) is 8.70. The first-order valence-electron chi connectivity index (χ1n) is 7.89. The lowest BCUT2D eigenvalue weighted by atomic mass is 10.1. The van der Waals surface area contributed by atoms with Crippen molar-refractivity contribution < 1.29 is 23.5 Å². The van der Waals surface area contributed by atoms with Crippen LogP contribution in [0.3, 0.4) is 0 Å². The number of rotatable bonds is 7. The van der Waals surface area contributed by atoms with Crippen molar-refractivity contribution in [1.29, 1.82) is 0 Å². The van der Waals surface area contributed by atoms with Gasteiger partial charge in [0.25, 0.3) is 0 Å². The van der Waals surface area contributed by atoms with Gasteiger partial charge in [-0.25, -0.2) is 9.36 Å². The molecular weight excluding hydrogens is 341 g/mol. The molecule has 0 aliphatic carbocycles. The number of alkyl carbamates (subject to hydrolysis) is 1. The van der Waals surface area contributed by atoms with Crippen molar-refractivity contribution in [1.82, 2.24) is 5.32 Å². The summed E-state index contributed by atoms with van der Waals surface area (Å²) in [5.74, 6) is 0.403. The zero-order valence-electron chi connectivity index (χ0n) is 14.3. The van der Waals surface area contributed by atoms with Crippen LogP contribution in [0, 0.1) is 13.8 Å². The van der Waals surface area contributed by atoms with E-state index in [1.165, 1.54) is 0 Å². The molecule has 25 heavy (non-hydrogen) atoms. The molecule has 2 N–H and O–H groups in total. The lowest BCUT2D eigenvalue weighted by molar-refractivity contribution is 0.140. The van der Waals surface area contributed by atoms with E-state index in [4.69, 9.17) is 9.26 Å². The van der Waals surface area contributed by atoms with Crippen LogP contribution >= 0.6 is 7.60 Å². The first-order valence-corrected chi connectivity index (χ1v) is 9.66. The highest BCUT2D eigenvalue weighted by Gasteiger charge is 2.23. The zero-order valence-corrected chi connectivity index (χ0v) is 15.2. The standard InChI is InChI=1S/C18H22NO5P/c1-14-7-6-8-15(2)17(14)24-25(21,22)12-11-19-18(20)23-13-16-9-4-3-5-10-16/h3-10H,11-13H2,1-2H3,(H,19,20)(H,21,22). The fourth-order valence-electron chi connectivity index (χ4n) is 2.20. The van der Waals surface area contributed by atoms with Crippen molar-refractivity contribution in [3.8, 4) is 5.75 Å². The fraction of sp³-hybridized carbons (Fsp3) is 0.278. The molecule has 0 aliphatic heterocycles. The van der Waals surface area contributed by atoms with E-state index in [1.807, 2.05) is 62.4 Å². The Morgan fingerprint density at radius 1 is 1.08 bits per heavy atom. The number of carbonyl (C=O) groups excluding carboxylic acids is 1. The normalized spacial score (nSPS) is 12.9. The third-order valence-corrected chi connectivity index (χ3v) is 4.78. The zero-order chi connectivity index (χ0) is 18.3. The minimum Gasteiger partial charge on any atom is -0.445 e. The van der Waals surface area contributed by atoms with Gasteiger partial charge in [-0.3, -0.25) is 0 Å². The number of para-hydroxylation sites is 1. The van der Waals surface area contributed by atoms with E-state index >= 15 is 0 Å². The van der Waals surface area contributed by atoms with E-state index < -0.39 is 13.7 Å². The summed E-state index contributed by atoms with van der Waals surface area (Å²) in [6.45, 7) is 3.73. The molecule has 0 saturated heterocycles. The lowest BCUT2D eigenvalue weighted by Crippen LogP contribution is -2.27. The molecule has 134 valence electrons. The van der Waals surface area contributed by atoms with Gasteiger partial charge in [-0.05, 0) is 30.5 Å². The molecule has 2 aromatic rings. The molecule has 0 spiro atoms. The number of aryl methyl sites for hydroxylation is 2. The SMILES string of the molecule is Cc1cccc(C)c1OP(=O)(O)CCNC(=O)OCc1ccccc1. The number of hydrogen-bond donors (Lipinski definition) is 2. The van der Waals surface area contributed by atoms with Gasteiger partial charge in [0.05, 0.1) is 6.16 Å². The van der Waals surface area contributed by atoms with Gasteiger partial charge in [-0.1, -0.05) is 48.5 Å². The van der Waals surface area contributed by atoms with Gasteiger partial charge in [0.2, 0.25) is 0 Å². The van der Waals surface area contributed by atoms with Gasteiger partial charge in [-0.15, -0.1) is 0 Å². The maximum Gasteiger partial charge on any atom is 0.407 e. The van der Waals surface area contributed by atoms with Crippen LogP contribution in [0.5, 0.6) is 5.75 Å². The molecule has 7 heteroatoms. The molecule has 6 nitrogen and oxygen atoms in total. The van der Waals surface area contributed by atoms with Crippen LogP contribution < -0.4 is 9.84 Å². The van der Waals surface area contributed by atoms with Crippen LogP contribution in [-0.4, -0.2) is 23.7 Å². The Morgan fingerprint density at radius 2 is 1.72 bits per heavy atom. The van der Waals surface area contributed by atoms with Gasteiger partial charge in [0.15, 0.2) is 0 Å². The van der Waals surface area contributed by atoms with Gasteiger partial charge in [0.1, 0.15) is 12.4 Å². The highest BCUT2D eigenvalue weighted by atomic mass is 31.2. The predicted molar refractivity (Wildman–Crippen MR) is 95.9 cm³/mol. The van der Waals surface area contributed by atoms with E-state index in [0.717, 1.165) is 16.7 Å². The summed E-state index contributed by atoms with van der Waals surface area (Å²) >= 11 is 0. The largest absolute Gasteiger partial charge is 0.445 e. The van der Waals surface area contributed by atoms with Crippen LogP contribution in [0.1, 0.15) is 16.7 Å². The third kappa shape index (κ3) is 6.25. The Balaban J connectivity index is 1.78. The summed E-state index contributed by atoms with van der Waals surface area (Å²) in [6, 6.07) is 14.7. The average molecular weight is 363 g/mol. The monoisotopic (exact) mass is 363 g/mol. The summed E-state index contributed by atoms with van der Waals surface area (Å²) in [4.78, 5) is 21.6. The van der Waals surface area contributed by atoms with Crippen molar-refractivity contribution in [2.24, 2.45) is 0 Å². The molecule has 0 aromatic heterocycles. The quantitative estimate of drug-likeness (QED) is 0.731. The Labute approximate surface area is 147 Å². The summed E-state index contributed by atoms with van der Waals surface area (Å²) in [5.41, 5.74) is 2.43. The van der Waals surface area contributed by atoms with Gasteiger partial charge >= 0.3 is 13.7 Å². The van der Waals surface area contributed by atoms with Crippen molar-refractivity contribution in [3.05, 3.63) is 65.2 Å². The number of carbonyl (C=O) groups is 1. The molecular formula is C18H22NO5P. The van der Waals surface area contributed by atoms with Crippen LogP contribution in [0.25, 0.3) is 0 Å². The predicted octanol–water partition coefficient (Wildman–Crippen LogP) is 3.79. The number of nitrogens with one attached hydrogen (secondary N) is 1. The molecule has 0 fully saturated rings. The average Bonchev–Trinajstić information content (AvgIpc) is 2.57. The van der Waals surface area contributed by atoms with Crippen LogP contribution in [0.4, 0.5) is 4.79 Å². The Bertz CT molecular complexity index is 743. The Morgan fingerprint density at radius 3 is 2.36 bits per heavy atom. The van der Waals surface area contributed by atoms with E-state index in [0.29, 0.717) is 5.75 Å². The van der Waals surface area contributed by atoms with Crippen LogP contribution in [0.15, 0.2) is 48.5 Å². The first kappa shape index (κ1) is 19.0. The van der Waals surface area contributed by atoms with Crippen molar-refractivity contribution in [3.63, 3.8) is 0 Å². The summed E-state index contributed by atoms with van der Waals surface area (Å²) in [7, 11) is -3.87. The van der Waals surface area contributed by atoms with E-state index in [1.54, 1.807) is 0 Å². The van der Waals surface area contributed by atoms with Gasteiger partial charge in [-0.2, -0.15) is 0 Å². The van der Waals surface area contributed by atoms with Crippen LogP contribution in [-0.2, 0) is 15.9 Å². The number of amides is 1. The maximum absolute atomic E-state index is 12.2. The molecule has 0 aliphatic rings. The first-order chi connectivity index (χ1) is 11.9. The van der Waals surface area contributed by atoms with Crippen LogP contribution in [0.2, 0.25) is 0 Å². The summed E-state index contributed by atoms with van der Waals surface area (Å²) < 4.78 is 22.5. The molecule has 0 bridgehead atoms. The second-order valence-corrected chi connectivity index (χ2v) is 7.57. The molecule has 0 radical (unpaired) electrons. The fourth-order valence-corrected chi connectivity index (χ4v) is 3.26. The van der Waals surface area contributed by atoms with Gasteiger partial charge in [0, 0.05) is 6.54 Å². The molecule has 0 heterocycles. The summed E-state index contributed by atoms with van der Waals surface area (Å²) in [5, 5.41) is 2.45. The Kier molecular flexibility index (Phi) is 6.62. The highest BCUT2D eigenvalue weighted by Crippen LogP contribution is 2.44. The lowest BCUT2D eigenvalue weighted by Gasteiger charge is -2.17. The molecule has 1 unspecified atom stereocenters. The maximum atomic E-state index is 12.2. The third-order valence-electron chi connectivity index (χ3n) is 3.52.